The van der Waals surface area contributed by atoms with Crippen molar-refractivity contribution in [3.8, 4) is 0 Å². The van der Waals surface area contributed by atoms with Gasteiger partial charge in [0.2, 0.25) is 20.0 Å². The first-order valence-electron chi connectivity index (χ1n) is 13.3. The van der Waals surface area contributed by atoms with Crippen molar-refractivity contribution in [1.29, 1.82) is 0 Å². The highest BCUT2D eigenvalue weighted by Crippen LogP contribution is 2.25. The summed E-state index contributed by atoms with van der Waals surface area (Å²) in [5.74, 6) is -0.724. The molecule has 0 saturated carbocycles. The molecule has 0 saturated heterocycles. The van der Waals surface area contributed by atoms with Crippen molar-refractivity contribution in [2.45, 2.75) is 13.1 Å². The molecule has 0 aliphatic carbocycles. The fourth-order valence-electron chi connectivity index (χ4n) is 3.91. The smallest absolute Gasteiger partial charge is 0.339 e. The number of aromatic nitrogens is 2. The van der Waals surface area contributed by atoms with Crippen molar-refractivity contribution in [2.75, 3.05) is 34.8 Å². The van der Waals surface area contributed by atoms with Gasteiger partial charge >= 0.3 is 5.97 Å². The highest BCUT2D eigenvalue weighted by Gasteiger charge is 2.20. The molecule has 0 aliphatic heterocycles. The van der Waals surface area contributed by atoms with Crippen LogP contribution >= 0.6 is 23.2 Å². The van der Waals surface area contributed by atoms with Crippen LogP contribution in [0.15, 0.2) is 85.2 Å². The van der Waals surface area contributed by atoms with Crippen molar-refractivity contribution in [3.05, 3.63) is 118 Å². The van der Waals surface area contributed by atoms with Crippen LogP contribution in [0.1, 0.15) is 32.1 Å². The Morgan fingerprint density at radius 1 is 0.739 bits per heavy atom. The summed E-state index contributed by atoms with van der Waals surface area (Å²) >= 11 is 11.9. The Kier molecular flexibility index (Phi) is 12.6. The number of rotatable bonds is 11. The van der Waals surface area contributed by atoms with Gasteiger partial charge < -0.3 is 10.5 Å². The molecule has 46 heavy (non-hydrogen) atoms. The first-order valence-corrected chi connectivity index (χ1v) is 17.8. The Morgan fingerprint density at radius 3 is 1.50 bits per heavy atom. The topological polar surface area (TPSA) is 170 Å². The Bertz CT molecular complexity index is 1750. The van der Waals surface area contributed by atoms with Gasteiger partial charge in [-0.25, -0.2) is 21.6 Å². The molecule has 0 fully saturated rings. The van der Waals surface area contributed by atoms with E-state index in [1.165, 1.54) is 34.2 Å². The number of anilines is 2. The molecule has 2 aromatic heterocycles. The average molecular weight is 709 g/mol. The highest BCUT2D eigenvalue weighted by molar-refractivity contribution is 7.92. The quantitative estimate of drug-likeness (QED) is 0.175. The second-order valence-corrected chi connectivity index (χ2v) is 14.4. The van der Waals surface area contributed by atoms with Crippen LogP contribution in [0, 0.1) is 0 Å². The molecule has 0 atom stereocenters. The zero-order chi connectivity index (χ0) is 34.1. The zero-order valence-electron chi connectivity index (χ0n) is 25.0. The molecule has 12 nitrogen and oxygen atoms in total. The highest BCUT2D eigenvalue weighted by atomic mass is 35.5. The van der Waals surface area contributed by atoms with Crippen molar-refractivity contribution in [2.24, 2.45) is 5.73 Å². The van der Waals surface area contributed by atoms with Crippen LogP contribution in [0.5, 0.6) is 0 Å². The molecule has 2 heterocycles. The van der Waals surface area contributed by atoms with E-state index < -0.39 is 26.0 Å². The van der Waals surface area contributed by atoms with Gasteiger partial charge in [0.15, 0.2) is 5.78 Å². The molecule has 0 unspecified atom stereocenters. The van der Waals surface area contributed by atoms with Crippen molar-refractivity contribution >= 4 is 66.4 Å². The molecule has 0 bridgehead atoms. The van der Waals surface area contributed by atoms with E-state index in [1.807, 2.05) is 0 Å². The third kappa shape index (κ3) is 10.5. The lowest BCUT2D eigenvalue weighted by Gasteiger charge is -2.22. The number of carbonyl (C=O) groups excluding carboxylic acids is 2. The number of ether oxygens (including phenoxy) is 1. The van der Waals surface area contributed by atoms with Crippen LogP contribution < -0.4 is 14.3 Å². The molecule has 2 N–H and O–H groups in total. The second kappa shape index (κ2) is 16.0. The molecule has 2 aromatic carbocycles. The minimum absolute atomic E-state index is 0.0284. The molecular formula is C30H31Cl2N5O7S2. The standard InChI is InChI=1S/C15H16ClN3O3S.C15H15ClN2O4S/c1-23(21,22)19(14-4-2-3-12(16)7-14)10-13-6-5-11(9-18-13)15(20)8-17;1-22-15(19)11-6-7-13(17-9-11)10-18(23(2,20)21)14-5-3-4-12(16)8-14/h2-7,9H,8,10,17H2,1H3;3-9H,10H2,1-2H3. The lowest BCUT2D eigenvalue weighted by Crippen LogP contribution is -2.29. The van der Waals surface area contributed by atoms with E-state index in [2.05, 4.69) is 14.7 Å². The molecular weight excluding hydrogens is 677 g/mol. The summed E-state index contributed by atoms with van der Waals surface area (Å²) in [6.07, 6.45) is 4.96. The maximum Gasteiger partial charge on any atom is 0.339 e. The number of ketones is 1. The van der Waals surface area contributed by atoms with E-state index in [0.29, 0.717) is 43.9 Å². The second-order valence-electron chi connectivity index (χ2n) is 9.69. The van der Waals surface area contributed by atoms with E-state index in [9.17, 15) is 26.4 Å². The Hall–Kier alpha value is -4.08. The number of carbonyl (C=O) groups is 2. The van der Waals surface area contributed by atoms with Gasteiger partial charge in [-0.05, 0) is 60.7 Å². The molecule has 4 aromatic rings. The molecule has 0 aliphatic rings. The fourth-order valence-corrected chi connectivity index (χ4v) is 6.01. The van der Waals surface area contributed by atoms with E-state index in [4.69, 9.17) is 28.9 Å². The van der Waals surface area contributed by atoms with Crippen molar-refractivity contribution in [1.82, 2.24) is 9.97 Å². The van der Waals surface area contributed by atoms with Crippen LogP contribution in [0.2, 0.25) is 10.0 Å². The Labute approximate surface area is 277 Å². The minimum Gasteiger partial charge on any atom is -0.465 e. The van der Waals surface area contributed by atoms with Crippen LogP contribution in [0.3, 0.4) is 0 Å². The third-order valence-electron chi connectivity index (χ3n) is 6.18. The molecule has 0 radical (unpaired) electrons. The number of esters is 1. The summed E-state index contributed by atoms with van der Waals surface area (Å²) in [6.45, 7) is -0.0318. The fraction of sp³-hybridized carbons (Fsp3) is 0.200. The van der Waals surface area contributed by atoms with Gasteiger partial charge in [-0.2, -0.15) is 0 Å². The maximum absolute atomic E-state index is 12.1. The normalized spacial score (nSPS) is 11.2. The molecule has 4 rings (SSSR count). The lowest BCUT2D eigenvalue weighted by atomic mass is 10.2. The number of hydrogen-bond acceptors (Lipinski definition) is 10. The van der Waals surface area contributed by atoms with E-state index in [-0.39, 0.29) is 25.4 Å². The number of Topliss-reactive ketones (excluding diaryl/α,β-unsaturated/α-hetero) is 1. The van der Waals surface area contributed by atoms with Crippen molar-refractivity contribution in [3.63, 3.8) is 0 Å². The van der Waals surface area contributed by atoms with Crippen LogP contribution in [0.25, 0.3) is 0 Å². The molecule has 16 heteroatoms. The van der Waals surface area contributed by atoms with Crippen LogP contribution in [0.4, 0.5) is 11.4 Å². The number of sulfonamides is 2. The summed E-state index contributed by atoms with van der Waals surface area (Å²) in [6, 6.07) is 19.4. The number of hydrogen-bond donors (Lipinski definition) is 1. The monoisotopic (exact) mass is 707 g/mol. The number of nitrogens with zero attached hydrogens (tertiary/aromatic N) is 4. The summed E-state index contributed by atoms with van der Waals surface area (Å²) in [4.78, 5) is 31.1. The number of halogens is 2. The first kappa shape index (κ1) is 36.4. The lowest BCUT2D eigenvalue weighted by molar-refractivity contribution is 0.0600. The summed E-state index contributed by atoms with van der Waals surface area (Å²) in [5.41, 5.74) is 7.87. The Balaban J connectivity index is 0.000000250. The summed E-state index contributed by atoms with van der Waals surface area (Å²) in [7, 11) is -5.76. The van der Waals surface area contributed by atoms with Gasteiger partial charge in [-0.3, -0.25) is 23.4 Å². The third-order valence-corrected chi connectivity index (χ3v) is 8.93. The maximum atomic E-state index is 12.1. The predicted molar refractivity (Wildman–Crippen MR) is 178 cm³/mol. The summed E-state index contributed by atoms with van der Waals surface area (Å²) < 4.78 is 55.2. The van der Waals surface area contributed by atoms with E-state index in [1.54, 1.807) is 66.7 Å². The molecule has 0 amide bonds. The van der Waals surface area contributed by atoms with Gasteiger partial charge in [0.25, 0.3) is 0 Å². The average Bonchev–Trinajstić information content (AvgIpc) is 3.01. The van der Waals surface area contributed by atoms with Crippen LogP contribution in [-0.4, -0.2) is 64.7 Å². The predicted octanol–water partition coefficient (Wildman–Crippen LogP) is 4.33. The number of nitrogens with two attached hydrogens (primary N) is 1. The van der Waals surface area contributed by atoms with Crippen molar-refractivity contribution < 1.29 is 31.2 Å². The van der Waals surface area contributed by atoms with Gasteiger partial charge in [0, 0.05) is 28.0 Å². The summed E-state index contributed by atoms with van der Waals surface area (Å²) in [5, 5.41) is 0.873. The van der Waals surface area contributed by atoms with E-state index in [0.717, 1.165) is 12.5 Å². The minimum atomic E-state index is -3.52. The van der Waals surface area contributed by atoms with Gasteiger partial charge in [0.05, 0.1) is 67.6 Å². The first-order chi connectivity index (χ1) is 21.6. The molecule has 0 spiro atoms. The van der Waals surface area contributed by atoms with Gasteiger partial charge in [-0.15, -0.1) is 0 Å². The number of benzene rings is 2. The van der Waals surface area contributed by atoms with E-state index >= 15 is 0 Å². The van der Waals surface area contributed by atoms with Gasteiger partial charge in [0.1, 0.15) is 0 Å². The number of pyridine rings is 2. The SMILES string of the molecule is COC(=O)c1ccc(CN(c2cccc(Cl)c2)S(C)(=O)=O)nc1.CS(=O)(=O)N(Cc1ccc(C(=O)CN)cn1)c1cccc(Cl)c1. The largest absolute Gasteiger partial charge is 0.465 e. The zero-order valence-corrected chi connectivity index (χ0v) is 28.1. The molecule has 244 valence electrons. The number of methoxy groups -OCH3 is 1. The van der Waals surface area contributed by atoms with Crippen LogP contribution in [-0.2, 0) is 37.9 Å². The van der Waals surface area contributed by atoms with Gasteiger partial charge in [-0.1, -0.05) is 35.3 Å². The Morgan fingerprint density at radius 2 is 1.17 bits per heavy atom.